The van der Waals surface area contributed by atoms with Gasteiger partial charge in [-0.1, -0.05) is 33.1 Å². The normalized spacial score (nSPS) is 23.4. The molecule has 0 aromatic carbocycles. The van der Waals surface area contributed by atoms with Gasteiger partial charge in [-0.25, -0.2) is 0 Å². The second-order valence-electron chi connectivity index (χ2n) is 6.23. The molecule has 1 aliphatic rings. The molecule has 3 nitrogen and oxygen atoms in total. The lowest BCUT2D eigenvalue weighted by Gasteiger charge is -2.27. The monoisotopic (exact) mass is 285 g/mol. The maximum atomic E-state index is 8.92. The predicted octanol–water partition coefficient (Wildman–Crippen LogP) is 3.31. The van der Waals surface area contributed by atoms with Crippen LogP contribution in [-0.4, -0.2) is 49.5 Å². The van der Waals surface area contributed by atoms with E-state index in [9.17, 15) is 0 Å². The van der Waals surface area contributed by atoms with Gasteiger partial charge in [0.25, 0.3) is 0 Å². The second kappa shape index (κ2) is 11.5. The highest BCUT2D eigenvalue weighted by atomic mass is 16.5. The van der Waals surface area contributed by atoms with Crippen molar-refractivity contribution in [2.45, 2.75) is 58.8 Å². The first-order valence-electron chi connectivity index (χ1n) is 8.71. The van der Waals surface area contributed by atoms with Gasteiger partial charge in [0, 0.05) is 19.8 Å². The number of likely N-dealkylation sites (N-methyl/N-ethyl adjacent to an activating group) is 1. The number of hydrogen-bond acceptors (Lipinski definition) is 3. The Bertz CT molecular complexity index is 215. The molecule has 3 heteroatoms. The van der Waals surface area contributed by atoms with E-state index in [-0.39, 0.29) is 6.61 Å². The molecule has 120 valence electrons. The first-order valence-corrected chi connectivity index (χ1v) is 8.71. The number of ether oxygens (including phenoxy) is 1. The van der Waals surface area contributed by atoms with E-state index >= 15 is 0 Å². The molecule has 0 radical (unpaired) electrons. The van der Waals surface area contributed by atoms with Gasteiger partial charge in [-0.3, -0.25) is 0 Å². The molecule has 0 atom stereocenters. The third-order valence-corrected chi connectivity index (χ3v) is 4.77. The van der Waals surface area contributed by atoms with Crippen LogP contribution >= 0.6 is 0 Å². The Hall–Kier alpha value is -0.120. The summed E-state index contributed by atoms with van der Waals surface area (Å²) < 4.78 is 5.85. The number of unbranched alkanes of at least 4 members (excludes halogenated alkanes) is 1. The Kier molecular flexibility index (Phi) is 10.3. The zero-order chi connectivity index (χ0) is 14.6. The van der Waals surface area contributed by atoms with E-state index in [0.29, 0.717) is 0 Å². The minimum atomic E-state index is 0.269. The SMILES string of the molecule is CCC1CCC(COCCCCN(CC)CCO)CC1. The van der Waals surface area contributed by atoms with Crippen LogP contribution in [0.3, 0.4) is 0 Å². The average Bonchev–Trinajstić information content (AvgIpc) is 2.50. The lowest BCUT2D eigenvalue weighted by atomic mass is 9.81. The fourth-order valence-electron chi connectivity index (χ4n) is 3.17. The van der Waals surface area contributed by atoms with Crippen molar-refractivity contribution in [3.8, 4) is 0 Å². The topological polar surface area (TPSA) is 32.7 Å². The minimum absolute atomic E-state index is 0.269. The maximum Gasteiger partial charge on any atom is 0.0558 e. The first-order chi connectivity index (χ1) is 9.80. The van der Waals surface area contributed by atoms with Gasteiger partial charge >= 0.3 is 0 Å². The summed E-state index contributed by atoms with van der Waals surface area (Å²) in [5.41, 5.74) is 0. The molecule has 1 aliphatic carbocycles. The molecule has 1 N–H and O–H groups in total. The third-order valence-electron chi connectivity index (χ3n) is 4.77. The quantitative estimate of drug-likeness (QED) is 0.591. The second-order valence-corrected chi connectivity index (χ2v) is 6.23. The molecule has 0 aliphatic heterocycles. The molecule has 0 unspecified atom stereocenters. The van der Waals surface area contributed by atoms with Gasteiger partial charge in [-0.15, -0.1) is 0 Å². The molecule has 1 saturated carbocycles. The van der Waals surface area contributed by atoms with Gasteiger partial charge in [-0.2, -0.15) is 0 Å². The number of aliphatic hydroxyl groups excluding tert-OH is 1. The van der Waals surface area contributed by atoms with Crippen LogP contribution in [0.25, 0.3) is 0 Å². The van der Waals surface area contributed by atoms with E-state index in [1.807, 2.05) is 0 Å². The Morgan fingerprint density at radius 1 is 1.00 bits per heavy atom. The number of nitrogens with zero attached hydrogens (tertiary/aromatic N) is 1. The number of aliphatic hydroxyl groups is 1. The summed E-state index contributed by atoms with van der Waals surface area (Å²) in [5, 5.41) is 8.92. The van der Waals surface area contributed by atoms with E-state index in [4.69, 9.17) is 9.84 Å². The Morgan fingerprint density at radius 3 is 2.30 bits per heavy atom. The highest BCUT2D eigenvalue weighted by molar-refractivity contribution is 4.71. The van der Waals surface area contributed by atoms with Crippen LogP contribution in [0, 0.1) is 11.8 Å². The van der Waals surface area contributed by atoms with Crippen molar-refractivity contribution in [1.29, 1.82) is 0 Å². The first kappa shape index (κ1) is 17.9. The molecule has 0 aromatic heterocycles. The molecule has 0 aromatic rings. The molecule has 0 saturated heterocycles. The zero-order valence-corrected chi connectivity index (χ0v) is 13.6. The van der Waals surface area contributed by atoms with Gasteiger partial charge < -0.3 is 14.7 Å². The van der Waals surface area contributed by atoms with Crippen LogP contribution in [0.2, 0.25) is 0 Å². The fraction of sp³-hybridized carbons (Fsp3) is 1.00. The minimum Gasteiger partial charge on any atom is -0.395 e. The summed E-state index contributed by atoms with van der Waals surface area (Å²) in [4.78, 5) is 2.30. The van der Waals surface area contributed by atoms with Gasteiger partial charge in [0.1, 0.15) is 0 Å². The van der Waals surface area contributed by atoms with Crippen LogP contribution in [0.5, 0.6) is 0 Å². The van der Waals surface area contributed by atoms with Crippen molar-refractivity contribution in [3.05, 3.63) is 0 Å². The average molecular weight is 285 g/mol. The summed E-state index contributed by atoms with van der Waals surface area (Å²) in [6.07, 6.45) is 9.25. The molecular formula is C17H35NO2. The largest absolute Gasteiger partial charge is 0.395 e. The molecule has 20 heavy (non-hydrogen) atoms. The van der Waals surface area contributed by atoms with Crippen LogP contribution in [0.1, 0.15) is 58.8 Å². The zero-order valence-electron chi connectivity index (χ0n) is 13.6. The fourth-order valence-corrected chi connectivity index (χ4v) is 3.17. The van der Waals surface area contributed by atoms with E-state index < -0.39 is 0 Å². The lowest BCUT2D eigenvalue weighted by Crippen LogP contribution is -2.27. The Balaban J connectivity index is 1.92. The van der Waals surface area contributed by atoms with Gasteiger partial charge in [-0.05, 0) is 50.6 Å². The van der Waals surface area contributed by atoms with Gasteiger partial charge in [0.05, 0.1) is 6.61 Å². The van der Waals surface area contributed by atoms with E-state index in [1.54, 1.807) is 0 Å². The highest BCUT2D eigenvalue weighted by Crippen LogP contribution is 2.30. The molecular weight excluding hydrogens is 250 g/mol. The van der Waals surface area contributed by atoms with E-state index in [1.165, 1.54) is 38.5 Å². The number of hydrogen-bond donors (Lipinski definition) is 1. The van der Waals surface area contributed by atoms with E-state index in [0.717, 1.165) is 51.1 Å². The van der Waals surface area contributed by atoms with Crippen molar-refractivity contribution >= 4 is 0 Å². The maximum absolute atomic E-state index is 8.92. The summed E-state index contributed by atoms with van der Waals surface area (Å²) in [6.45, 7) is 9.54. The molecule has 0 bridgehead atoms. The van der Waals surface area contributed by atoms with Crippen LogP contribution in [0.4, 0.5) is 0 Å². The molecule has 0 spiro atoms. The Morgan fingerprint density at radius 2 is 1.70 bits per heavy atom. The van der Waals surface area contributed by atoms with Crippen LogP contribution < -0.4 is 0 Å². The molecule has 0 heterocycles. The Labute approximate surface area is 125 Å². The van der Waals surface area contributed by atoms with Crippen LogP contribution in [-0.2, 0) is 4.74 Å². The smallest absolute Gasteiger partial charge is 0.0558 e. The van der Waals surface area contributed by atoms with Gasteiger partial charge in [0.2, 0.25) is 0 Å². The van der Waals surface area contributed by atoms with E-state index in [2.05, 4.69) is 18.7 Å². The lowest BCUT2D eigenvalue weighted by molar-refractivity contribution is 0.0734. The predicted molar refractivity (Wildman–Crippen MR) is 85.0 cm³/mol. The van der Waals surface area contributed by atoms with Crippen molar-refractivity contribution in [2.75, 3.05) is 39.5 Å². The van der Waals surface area contributed by atoms with Crippen molar-refractivity contribution in [3.63, 3.8) is 0 Å². The van der Waals surface area contributed by atoms with Gasteiger partial charge in [0.15, 0.2) is 0 Å². The van der Waals surface area contributed by atoms with Crippen LogP contribution in [0.15, 0.2) is 0 Å². The summed E-state index contributed by atoms with van der Waals surface area (Å²) >= 11 is 0. The third kappa shape index (κ3) is 7.61. The standard InChI is InChI=1S/C17H35NO2/c1-3-16-7-9-17(10-8-16)15-20-14-6-5-11-18(4-2)12-13-19/h16-17,19H,3-15H2,1-2H3. The summed E-state index contributed by atoms with van der Waals surface area (Å²) in [5.74, 6) is 1.80. The van der Waals surface area contributed by atoms with Crippen molar-refractivity contribution in [2.24, 2.45) is 11.8 Å². The molecule has 0 amide bonds. The highest BCUT2D eigenvalue weighted by Gasteiger charge is 2.19. The van der Waals surface area contributed by atoms with Crippen molar-refractivity contribution < 1.29 is 9.84 Å². The molecule has 1 fully saturated rings. The van der Waals surface area contributed by atoms with Crippen molar-refractivity contribution in [1.82, 2.24) is 4.90 Å². The molecule has 1 rings (SSSR count). The summed E-state index contributed by atoms with van der Waals surface area (Å²) in [6, 6.07) is 0. The number of rotatable bonds is 11. The summed E-state index contributed by atoms with van der Waals surface area (Å²) in [7, 11) is 0.